The lowest BCUT2D eigenvalue weighted by Crippen LogP contribution is -2.36. The first-order valence-electron chi connectivity index (χ1n) is 5.63. The molecule has 0 radical (unpaired) electrons. The summed E-state index contributed by atoms with van der Waals surface area (Å²) in [5.74, 6) is -2.01. The van der Waals surface area contributed by atoms with Crippen molar-refractivity contribution in [2.75, 3.05) is 17.3 Å². The molecular formula is C12H15N3O4. The third-order valence-electron chi connectivity index (χ3n) is 1.99. The van der Waals surface area contributed by atoms with Gasteiger partial charge < -0.3 is 10.1 Å². The fourth-order valence-electron chi connectivity index (χ4n) is 1.22. The van der Waals surface area contributed by atoms with Crippen LogP contribution in [0.25, 0.3) is 0 Å². The molecule has 1 aromatic carbocycles. The average molecular weight is 265 g/mol. The molecular weight excluding hydrogens is 250 g/mol. The third kappa shape index (κ3) is 5.07. The number of hydrogen-bond donors (Lipinski definition) is 3. The first-order chi connectivity index (χ1) is 9.02. The van der Waals surface area contributed by atoms with Crippen LogP contribution in [0.15, 0.2) is 24.3 Å². The van der Waals surface area contributed by atoms with Crippen LogP contribution >= 0.6 is 0 Å². The highest BCUT2D eigenvalue weighted by Gasteiger charge is 2.13. The molecule has 7 nitrogen and oxygen atoms in total. The van der Waals surface area contributed by atoms with Crippen LogP contribution < -0.4 is 16.2 Å². The molecule has 1 rings (SSSR count). The van der Waals surface area contributed by atoms with Crippen molar-refractivity contribution < 1.29 is 19.1 Å². The summed E-state index contributed by atoms with van der Waals surface area (Å²) in [5, 5.41) is 2.60. The summed E-state index contributed by atoms with van der Waals surface area (Å²) in [7, 11) is 0. The summed E-state index contributed by atoms with van der Waals surface area (Å²) >= 11 is 0. The second-order valence-corrected chi connectivity index (χ2v) is 3.56. The molecule has 0 heterocycles. The number of hydrazine groups is 1. The SMILES string of the molecule is CCOC(=O)C(=O)NNc1ccc(NC(C)=O)cc1. The van der Waals surface area contributed by atoms with E-state index in [2.05, 4.69) is 20.9 Å². The van der Waals surface area contributed by atoms with E-state index in [4.69, 9.17) is 0 Å². The van der Waals surface area contributed by atoms with Gasteiger partial charge in [0.2, 0.25) is 5.91 Å². The number of hydrogen-bond acceptors (Lipinski definition) is 5. The zero-order chi connectivity index (χ0) is 14.3. The van der Waals surface area contributed by atoms with E-state index in [1.165, 1.54) is 6.92 Å². The number of carbonyl (C=O) groups is 3. The maximum Gasteiger partial charge on any atom is 0.398 e. The van der Waals surface area contributed by atoms with Crippen molar-refractivity contribution in [3.63, 3.8) is 0 Å². The summed E-state index contributed by atoms with van der Waals surface area (Å²) in [5.41, 5.74) is 5.94. The first-order valence-corrected chi connectivity index (χ1v) is 5.63. The van der Waals surface area contributed by atoms with Gasteiger partial charge in [0.15, 0.2) is 0 Å². The van der Waals surface area contributed by atoms with Crippen LogP contribution in [-0.4, -0.2) is 24.4 Å². The highest BCUT2D eigenvalue weighted by atomic mass is 16.5. The van der Waals surface area contributed by atoms with Crippen LogP contribution in [0.2, 0.25) is 0 Å². The second-order valence-electron chi connectivity index (χ2n) is 3.56. The van der Waals surface area contributed by atoms with Gasteiger partial charge in [0.25, 0.3) is 0 Å². The molecule has 0 atom stereocenters. The highest BCUT2D eigenvalue weighted by molar-refractivity contribution is 6.32. The Labute approximate surface area is 110 Å². The maximum atomic E-state index is 11.2. The van der Waals surface area contributed by atoms with E-state index in [-0.39, 0.29) is 12.5 Å². The fraction of sp³-hybridized carbons (Fsp3) is 0.250. The molecule has 0 saturated carbocycles. The Balaban J connectivity index is 2.47. The molecule has 0 spiro atoms. The van der Waals surface area contributed by atoms with Crippen LogP contribution in [-0.2, 0) is 19.1 Å². The molecule has 102 valence electrons. The van der Waals surface area contributed by atoms with Gasteiger partial charge in [0, 0.05) is 12.6 Å². The molecule has 0 aliphatic rings. The molecule has 0 aromatic heterocycles. The van der Waals surface area contributed by atoms with Crippen molar-refractivity contribution in [3.05, 3.63) is 24.3 Å². The standard InChI is InChI=1S/C12H15N3O4/c1-3-19-12(18)11(17)15-14-10-6-4-9(5-7-10)13-8(2)16/h4-7,14H,3H2,1-2H3,(H,13,16)(H,15,17). The molecule has 0 saturated heterocycles. The topological polar surface area (TPSA) is 96.5 Å². The van der Waals surface area contributed by atoms with Crippen molar-refractivity contribution in [1.29, 1.82) is 0 Å². The average Bonchev–Trinajstić information content (AvgIpc) is 2.37. The normalized spacial score (nSPS) is 9.37. The van der Waals surface area contributed by atoms with Gasteiger partial charge in [-0.1, -0.05) is 0 Å². The minimum absolute atomic E-state index is 0.137. The van der Waals surface area contributed by atoms with E-state index in [0.717, 1.165) is 0 Å². The summed E-state index contributed by atoms with van der Waals surface area (Å²) < 4.78 is 4.52. The van der Waals surface area contributed by atoms with Crippen molar-refractivity contribution >= 4 is 29.2 Å². The van der Waals surface area contributed by atoms with E-state index in [1.54, 1.807) is 31.2 Å². The quantitative estimate of drug-likeness (QED) is 0.422. The van der Waals surface area contributed by atoms with Gasteiger partial charge >= 0.3 is 11.9 Å². The monoisotopic (exact) mass is 265 g/mol. The van der Waals surface area contributed by atoms with E-state index in [0.29, 0.717) is 11.4 Å². The van der Waals surface area contributed by atoms with Gasteiger partial charge in [-0.3, -0.25) is 20.4 Å². The van der Waals surface area contributed by atoms with Crippen molar-refractivity contribution in [3.8, 4) is 0 Å². The van der Waals surface area contributed by atoms with Crippen LogP contribution in [0.1, 0.15) is 13.8 Å². The van der Waals surface area contributed by atoms with Crippen LogP contribution in [0.3, 0.4) is 0 Å². The van der Waals surface area contributed by atoms with Crippen molar-refractivity contribution in [1.82, 2.24) is 5.43 Å². The van der Waals surface area contributed by atoms with E-state index < -0.39 is 11.9 Å². The Kier molecular flexibility index (Phi) is 5.34. The second kappa shape index (κ2) is 7.00. The highest BCUT2D eigenvalue weighted by Crippen LogP contribution is 2.12. The fourth-order valence-corrected chi connectivity index (χ4v) is 1.22. The molecule has 7 heteroatoms. The lowest BCUT2D eigenvalue weighted by molar-refractivity contribution is -0.154. The molecule has 0 bridgehead atoms. The van der Waals surface area contributed by atoms with Gasteiger partial charge in [0.05, 0.1) is 12.3 Å². The van der Waals surface area contributed by atoms with Gasteiger partial charge in [0.1, 0.15) is 0 Å². The van der Waals surface area contributed by atoms with E-state index in [1.807, 2.05) is 0 Å². The number of ether oxygens (including phenoxy) is 1. The molecule has 0 fully saturated rings. The predicted octanol–water partition coefficient (Wildman–Crippen LogP) is 0.651. The third-order valence-corrected chi connectivity index (χ3v) is 1.99. The zero-order valence-corrected chi connectivity index (χ0v) is 10.6. The van der Waals surface area contributed by atoms with E-state index in [9.17, 15) is 14.4 Å². The number of benzene rings is 1. The Bertz CT molecular complexity index is 470. The van der Waals surface area contributed by atoms with E-state index >= 15 is 0 Å². The molecule has 0 unspecified atom stereocenters. The van der Waals surface area contributed by atoms with Crippen LogP contribution in [0, 0.1) is 0 Å². The first kappa shape index (κ1) is 14.5. The molecule has 3 N–H and O–H groups in total. The number of carbonyl (C=O) groups excluding carboxylic acids is 3. The van der Waals surface area contributed by atoms with Crippen LogP contribution in [0.4, 0.5) is 11.4 Å². The molecule has 2 amide bonds. The maximum absolute atomic E-state index is 11.2. The number of rotatable bonds is 4. The number of esters is 1. The zero-order valence-electron chi connectivity index (χ0n) is 10.6. The molecule has 0 aliphatic heterocycles. The summed E-state index contributed by atoms with van der Waals surface area (Å²) in [6.45, 7) is 3.16. The lowest BCUT2D eigenvalue weighted by Gasteiger charge is -2.08. The van der Waals surface area contributed by atoms with Crippen molar-refractivity contribution in [2.45, 2.75) is 13.8 Å². The Morgan fingerprint density at radius 3 is 2.21 bits per heavy atom. The summed E-state index contributed by atoms with van der Waals surface area (Å²) in [6, 6.07) is 6.58. The van der Waals surface area contributed by atoms with Crippen LogP contribution in [0.5, 0.6) is 0 Å². The lowest BCUT2D eigenvalue weighted by atomic mass is 10.3. The number of nitrogens with one attached hydrogen (secondary N) is 3. The van der Waals surface area contributed by atoms with Gasteiger partial charge in [-0.2, -0.15) is 0 Å². The van der Waals surface area contributed by atoms with Crippen molar-refractivity contribution in [2.24, 2.45) is 0 Å². The molecule has 0 aliphatic carbocycles. The number of amides is 2. The van der Waals surface area contributed by atoms with Gasteiger partial charge in [-0.05, 0) is 31.2 Å². The molecule has 19 heavy (non-hydrogen) atoms. The summed E-state index contributed by atoms with van der Waals surface area (Å²) in [4.78, 5) is 33.0. The predicted molar refractivity (Wildman–Crippen MR) is 69.1 cm³/mol. The Hall–Kier alpha value is -2.57. The van der Waals surface area contributed by atoms with Gasteiger partial charge in [-0.25, -0.2) is 4.79 Å². The summed E-state index contributed by atoms with van der Waals surface area (Å²) in [6.07, 6.45) is 0. The number of anilines is 2. The smallest absolute Gasteiger partial charge is 0.398 e. The largest absolute Gasteiger partial charge is 0.459 e. The minimum Gasteiger partial charge on any atom is -0.459 e. The van der Waals surface area contributed by atoms with Gasteiger partial charge in [-0.15, -0.1) is 0 Å². The Morgan fingerprint density at radius 2 is 1.68 bits per heavy atom. The Morgan fingerprint density at radius 1 is 1.11 bits per heavy atom. The minimum atomic E-state index is -0.954. The molecule has 1 aromatic rings.